The van der Waals surface area contributed by atoms with E-state index in [0.717, 1.165) is 22.3 Å². The molecule has 1 unspecified atom stereocenters. The lowest BCUT2D eigenvalue weighted by Gasteiger charge is -2.71. The molecule has 4 aliphatic rings. The van der Waals surface area contributed by atoms with E-state index in [0.29, 0.717) is 36.4 Å². The largest absolute Gasteiger partial charge is 0.459 e. The zero-order valence-electron chi connectivity index (χ0n) is 31.3. The Bertz CT molecular complexity index is 1890. The van der Waals surface area contributed by atoms with Crippen molar-refractivity contribution in [1.82, 2.24) is 5.16 Å². The molecule has 3 heterocycles. The number of hydrogen-bond donors (Lipinski definition) is 2. The van der Waals surface area contributed by atoms with Gasteiger partial charge in [-0.25, -0.2) is 0 Å². The summed E-state index contributed by atoms with van der Waals surface area (Å²) in [4.78, 5) is 33.6. The van der Waals surface area contributed by atoms with Crippen LogP contribution in [0.2, 0.25) is 0 Å². The van der Waals surface area contributed by atoms with Crippen LogP contribution in [0.3, 0.4) is 0 Å². The third-order valence-corrected chi connectivity index (χ3v) is 12.6. The van der Waals surface area contributed by atoms with Gasteiger partial charge in [0, 0.05) is 42.7 Å². The van der Waals surface area contributed by atoms with Crippen LogP contribution in [0.4, 0.5) is 0 Å². The zero-order valence-corrected chi connectivity index (χ0v) is 31.3. The maximum Gasteiger partial charge on any atom is 0.303 e. The highest BCUT2D eigenvalue weighted by atomic mass is 16.7. The first-order valence-corrected chi connectivity index (χ1v) is 18.2. The number of nitrogens with zero attached hydrogens (tertiary/aromatic N) is 2. The average Bonchev–Trinajstić information content (AvgIpc) is 3.77. The van der Waals surface area contributed by atoms with Gasteiger partial charge in [-0.2, -0.15) is 0 Å². The summed E-state index contributed by atoms with van der Waals surface area (Å²) in [5.41, 5.74) is -2.10. The zero-order chi connectivity index (χ0) is 37.4. The minimum absolute atomic E-state index is 0.0155. The molecule has 52 heavy (non-hydrogen) atoms. The summed E-state index contributed by atoms with van der Waals surface area (Å²) >= 11 is 0. The highest BCUT2D eigenvalue weighted by molar-refractivity contribution is 6.01. The third-order valence-electron chi connectivity index (χ3n) is 12.6. The molecular weight excluding hydrogens is 664 g/mol. The first-order chi connectivity index (χ1) is 24.4. The van der Waals surface area contributed by atoms with Crippen LogP contribution in [0.1, 0.15) is 89.7 Å². The van der Waals surface area contributed by atoms with Gasteiger partial charge < -0.3 is 33.8 Å². The maximum atomic E-state index is 14.9. The van der Waals surface area contributed by atoms with E-state index < -0.39 is 69.7 Å². The van der Waals surface area contributed by atoms with Crippen molar-refractivity contribution in [3.05, 3.63) is 77.0 Å². The van der Waals surface area contributed by atoms with Gasteiger partial charge in [0.2, 0.25) is 0 Å². The molecule has 278 valence electrons. The molecular formula is C41H50N2O9. The second-order valence-corrected chi connectivity index (χ2v) is 16.7. The second-order valence-electron chi connectivity index (χ2n) is 16.7. The number of aliphatic hydroxyl groups excluding tert-OH is 1. The first kappa shape index (κ1) is 36.5. The van der Waals surface area contributed by atoms with Crippen molar-refractivity contribution in [1.29, 1.82) is 0 Å². The molecule has 3 aromatic rings. The van der Waals surface area contributed by atoms with Crippen LogP contribution in [0.25, 0.3) is 11.3 Å². The van der Waals surface area contributed by atoms with Crippen molar-refractivity contribution in [3.8, 4) is 11.3 Å². The van der Waals surface area contributed by atoms with Crippen LogP contribution in [0.15, 0.2) is 64.3 Å². The summed E-state index contributed by atoms with van der Waals surface area (Å²) in [7, 11) is 0. The number of aryl methyl sites for hydroxylation is 2. The number of benzene rings is 2. The molecule has 11 heteroatoms. The lowest BCUT2D eigenvalue weighted by molar-refractivity contribution is -0.384. The minimum Gasteiger partial charge on any atom is -0.459 e. The van der Waals surface area contributed by atoms with Gasteiger partial charge in [0.15, 0.2) is 23.2 Å². The maximum absolute atomic E-state index is 14.9. The molecule has 2 saturated carbocycles. The molecule has 2 aliphatic carbocycles. The standard InChI is InChI=1S/C41H50N2O9/c1-23-9-13-26(14-10-23)29-19-28(50-42-29)22-48-32-17-18-37(4,5)35-34(49-25(3)44)36(46)40(8)41(47,39(32,35)7)31(45)21-38(6,52-40)33-20-30(43-51-33)27-15-11-24(2)12-16-27/h9-16,19,32-36,46-47H,17-18,20-22H2,1-8H3/t32-,33?,34-,35-,36-,38+,39-,40+,41-/m0/s1. The average molecular weight is 715 g/mol. The number of ether oxygens (including phenoxy) is 3. The molecule has 0 amide bonds. The van der Waals surface area contributed by atoms with Gasteiger partial charge in [0.05, 0.1) is 11.8 Å². The molecule has 2 aliphatic heterocycles. The smallest absolute Gasteiger partial charge is 0.303 e. The Balaban J connectivity index is 1.24. The van der Waals surface area contributed by atoms with E-state index >= 15 is 0 Å². The van der Waals surface area contributed by atoms with Gasteiger partial charge in [0.1, 0.15) is 35.7 Å². The number of hydrogen-bond acceptors (Lipinski definition) is 11. The Kier molecular flexibility index (Phi) is 8.84. The number of rotatable bonds is 7. The van der Waals surface area contributed by atoms with E-state index in [1.807, 2.05) is 89.2 Å². The van der Waals surface area contributed by atoms with Gasteiger partial charge in [-0.3, -0.25) is 9.59 Å². The van der Waals surface area contributed by atoms with Crippen LogP contribution in [0.5, 0.6) is 0 Å². The van der Waals surface area contributed by atoms with E-state index in [2.05, 4.69) is 10.3 Å². The molecule has 1 saturated heterocycles. The molecule has 7 rings (SSSR count). The highest BCUT2D eigenvalue weighted by Gasteiger charge is 2.82. The number of fused-ring (bicyclic) bond motifs is 3. The van der Waals surface area contributed by atoms with Gasteiger partial charge in [-0.15, -0.1) is 0 Å². The van der Waals surface area contributed by atoms with E-state index in [9.17, 15) is 19.8 Å². The van der Waals surface area contributed by atoms with Crippen LogP contribution in [-0.2, 0) is 35.2 Å². The quantitative estimate of drug-likeness (QED) is 0.278. The molecule has 3 fully saturated rings. The predicted molar refractivity (Wildman–Crippen MR) is 191 cm³/mol. The fourth-order valence-corrected chi connectivity index (χ4v) is 9.94. The normalized spacial score (nSPS) is 36.7. The third kappa shape index (κ3) is 5.54. The lowest BCUT2D eigenvalue weighted by atomic mass is 9.39. The summed E-state index contributed by atoms with van der Waals surface area (Å²) in [5, 5.41) is 34.2. The van der Waals surface area contributed by atoms with Crippen molar-refractivity contribution < 1.29 is 43.4 Å². The number of aliphatic hydroxyl groups is 2. The molecule has 2 N–H and O–H groups in total. The second kappa shape index (κ2) is 12.6. The highest BCUT2D eigenvalue weighted by Crippen LogP contribution is 2.68. The van der Waals surface area contributed by atoms with E-state index in [-0.39, 0.29) is 13.0 Å². The molecule has 11 nitrogen and oxygen atoms in total. The lowest BCUT2D eigenvalue weighted by Crippen LogP contribution is -2.87. The Morgan fingerprint density at radius 3 is 2.25 bits per heavy atom. The van der Waals surface area contributed by atoms with Crippen molar-refractivity contribution >= 4 is 17.5 Å². The van der Waals surface area contributed by atoms with Gasteiger partial charge in [0.25, 0.3) is 0 Å². The number of Topliss-reactive ketones (excluding diaryl/α,β-unsaturated/α-hetero) is 1. The molecule has 0 bridgehead atoms. The number of carbonyl (C=O) groups excluding carboxylic acids is 2. The topological polar surface area (TPSA) is 150 Å². The molecule has 2 aromatic carbocycles. The fourth-order valence-electron chi connectivity index (χ4n) is 9.94. The molecule has 1 aromatic heterocycles. The van der Waals surface area contributed by atoms with Crippen molar-refractivity contribution in [2.45, 2.75) is 129 Å². The number of esters is 1. The Hall–Kier alpha value is -3.90. The summed E-state index contributed by atoms with van der Waals surface area (Å²) in [6.07, 6.45) is -2.90. The first-order valence-electron chi connectivity index (χ1n) is 18.2. The van der Waals surface area contributed by atoms with Crippen LogP contribution < -0.4 is 0 Å². The van der Waals surface area contributed by atoms with Gasteiger partial charge in [-0.05, 0) is 51.5 Å². The van der Waals surface area contributed by atoms with Gasteiger partial charge >= 0.3 is 5.97 Å². The number of ketones is 1. The van der Waals surface area contributed by atoms with Crippen molar-refractivity contribution in [2.75, 3.05) is 0 Å². The van der Waals surface area contributed by atoms with Crippen LogP contribution >= 0.6 is 0 Å². The summed E-state index contributed by atoms with van der Waals surface area (Å²) in [5.74, 6) is -1.32. The molecule has 9 atom stereocenters. The number of aromatic nitrogens is 1. The Morgan fingerprint density at radius 1 is 0.981 bits per heavy atom. The number of carbonyl (C=O) groups is 2. The molecule has 0 radical (unpaired) electrons. The van der Waals surface area contributed by atoms with Crippen molar-refractivity contribution in [3.63, 3.8) is 0 Å². The van der Waals surface area contributed by atoms with Crippen molar-refractivity contribution in [2.24, 2.45) is 21.9 Å². The van der Waals surface area contributed by atoms with E-state index in [1.165, 1.54) is 6.92 Å². The predicted octanol–water partition coefficient (Wildman–Crippen LogP) is 6.02. The summed E-state index contributed by atoms with van der Waals surface area (Å²) in [6, 6.07) is 17.7. The van der Waals surface area contributed by atoms with E-state index in [4.69, 9.17) is 23.6 Å². The van der Waals surface area contributed by atoms with Crippen LogP contribution in [-0.4, -0.2) is 74.1 Å². The van der Waals surface area contributed by atoms with Gasteiger partial charge in [-0.1, -0.05) is 90.7 Å². The van der Waals surface area contributed by atoms with Crippen LogP contribution in [0, 0.1) is 30.6 Å². The Labute approximate surface area is 304 Å². The monoisotopic (exact) mass is 714 g/mol. The fraction of sp³-hybridized carbons (Fsp3) is 0.561. The molecule has 0 spiro atoms. The minimum atomic E-state index is -2.27. The number of oxime groups is 1. The SMILES string of the molecule is CC(=O)O[C@H]1[C@H]2C(C)(C)CC[C@H](OCc3cc(-c4ccc(C)cc4)no3)[C@]2(C)[C@@]2(O)C(=O)C[C@](C)(C3CC(c4ccc(C)cc4)=NO3)O[C@]2(C)[C@H]1O. The summed E-state index contributed by atoms with van der Waals surface area (Å²) < 4.78 is 25.2. The summed E-state index contributed by atoms with van der Waals surface area (Å²) in [6.45, 7) is 14.5. The van der Waals surface area contributed by atoms with E-state index in [1.54, 1.807) is 13.8 Å². The Morgan fingerprint density at radius 2 is 1.62 bits per heavy atom.